The summed E-state index contributed by atoms with van der Waals surface area (Å²) < 4.78 is 47.4. The highest BCUT2D eigenvalue weighted by Crippen LogP contribution is 2.33. The van der Waals surface area contributed by atoms with Gasteiger partial charge in [-0.3, -0.25) is 9.98 Å². The van der Waals surface area contributed by atoms with Gasteiger partial charge in [0.2, 0.25) is 0 Å². The molecule has 0 atom stereocenters. The van der Waals surface area contributed by atoms with Gasteiger partial charge in [-0.2, -0.15) is 13.2 Å². The van der Waals surface area contributed by atoms with Crippen LogP contribution in [-0.2, 0) is 10.9 Å². The van der Waals surface area contributed by atoms with E-state index in [4.69, 9.17) is 14.7 Å². The SMILES string of the molecule is Cc1cncc(Nc2cc3nc4ccccc4n(-c4ccc(C(F)(F)F)cc4)c-3cc2=NC2CCOCC2)c1. The van der Waals surface area contributed by atoms with E-state index in [1.807, 2.05) is 54.0 Å². The lowest BCUT2D eigenvalue weighted by molar-refractivity contribution is -0.137. The molecule has 9 heteroatoms. The average Bonchev–Trinajstić information content (AvgIpc) is 2.92. The Kier molecular flexibility index (Phi) is 6.52. The van der Waals surface area contributed by atoms with Crippen molar-refractivity contribution in [2.75, 3.05) is 18.5 Å². The molecule has 2 aromatic carbocycles. The standard InChI is InChI=1S/C30H26F3N5O/c1-19-14-22(18-34-17-19)36-25-15-27-29(16-26(25)35-21-10-12-39-13-11-21)38(28-5-3-2-4-24(28)37-27)23-8-6-20(7-9-23)30(31,32)33/h2-9,14-18,21,36H,10-13H2,1H3. The number of aryl methyl sites for hydroxylation is 1. The van der Waals surface area contributed by atoms with E-state index in [9.17, 15) is 13.2 Å². The number of alkyl halides is 3. The summed E-state index contributed by atoms with van der Waals surface area (Å²) in [6.07, 6.45) is 0.772. The Labute approximate surface area is 223 Å². The molecule has 3 aromatic rings. The van der Waals surface area contributed by atoms with Crippen LogP contribution >= 0.6 is 0 Å². The number of nitrogens with zero attached hydrogens (tertiary/aromatic N) is 4. The minimum absolute atomic E-state index is 0.0975. The lowest BCUT2D eigenvalue weighted by Crippen LogP contribution is -2.23. The lowest BCUT2D eigenvalue weighted by atomic mass is 10.1. The van der Waals surface area contributed by atoms with Crippen molar-refractivity contribution in [2.24, 2.45) is 4.99 Å². The predicted octanol–water partition coefficient (Wildman–Crippen LogP) is 6.68. The maximum Gasteiger partial charge on any atom is 0.416 e. The van der Waals surface area contributed by atoms with Gasteiger partial charge in [-0.25, -0.2) is 4.98 Å². The van der Waals surface area contributed by atoms with Gasteiger partial charge in [0, 0.05) is 25.1 Å². The number of ether oxygens (including phenoxy) is 1. The van der Waals surface area contributed by atoms with Gasteiger partial charge in [-0.1, -0.05) is 12.1 Å². The number of para-hydroxylation sites is 2. The highest BCUT2D eigenvalue weighted by molar-refractivity contribution is 5.84. The summed E-state index contributed by atoms with van der Waals surface area (Å²) in [4.78, 5) is 14.3. The molecule has 3 heterocycles. The number of hydrogen-bond donors (Lipinski definition) is 1. The minimum atomic E-state index is -4.41. The van der Waals surface area contributed by atoms with Crippen molar-refractivity contribution in [1.82, 2.24) is 14.5 Å². The van der Waals surface area contributed by atoms with Crippen molar-refractivity contribution in [3.63, 3.8) is 0 Å². The Morgan fingerprint density at radius 3 is 2.49 bits per heavy atom. The van der Waals surface area contributed by atoms with E-state index in [0.29, 0.717) is 24.6 Å². The molecule has 198 valence electrons. The topological polar surface area (TPSA) is 64.3 Å². The van der Waals surface area contributed by atoms with E-state index in [2.05, 4.69) is 10.3 Å². The molecule has 1 saturated heterocycles. The van der Waals surface area contributed by atoms with Crippen LogP contribution in [-0.4, -0.2) is 33.8 Å². The monoisotopic (exact) mass is 529 g/mol. The molecule has 1 N–H and O–H groups in total. The van der Waals surface area contributed by atoms with Crippen LogP contribution in [0.2, 0.25) is 0 Å². The van der Waals surface area contributed by atoms with Gasteiger partial charge in [0.15, 0.2) is 0 Å². The largest absolute Gasteiger partial charge is 0.416 e. The normalized spacial score (nSPS) is 15.2. The summed E-state index contributed by atoms with van der Waals surface area (Å²) in [6, 6.07) is 18.8. The Balaban J connectivity index is 1.59. The number of pyridine rings is 1. The fourth-order valence-electron chi connectivity index (χ4n) is 4.92. The van der Waals surface area contributed by atoms with Crippen LogP contribution in [0.5, 0.6) is 0 Å². The zero-order valence-electron chi connectivity index (χ0n) is 21.2. The third kappa shape index (κ3) is 5.22. The summed E-state index contributed by atoms with van der Waals surface area (Å²) in [5.41, 5.74) is 5.47. The Morgan fingerprint density at radius 2 is 1.74 bits per heavy atom. The first-order chi connectivity index (χ1) is 18.8. The summed E-state index contributed by atoms with van der Waals surface area (Å²) in [7, 11) is 0. The van der Waals surface area contributed by atoms with Gasteiger partial charge in [0.05, 0.1) is 57.0 Å². The zero-order valence-corrected chi connectivity index (χ0v) is 21.2. The minimum Gasteiger partial charge on any atom is -0.381 e. The average molecular weight is 530 g/mol. The molecule has 1 aliphatic carbocycles. The number of fused-ring (bicyclic) bond motifs is 2. The first-order valence-corrected chi connectivity index (χ1v) is 12.8. The second-order valence-corrected chi connectivity index (χ2v) is 9.69. The number of nitrogens with one attached hydrogen (secondary N) is 1. The van der Waals surface area contributed by atoms with Gasteiger partial charge in [-0.05, 0) is 79.9 Å². The molecule has 0 amide bonds. The number of benzene rings is 3. The van der Waals surface area contributed by atoms with Crippen molar-refractivity contribution in [1.29, 1.82) is 0 Å². The molecular formula is C30H26F3N5O. The third-order valence-electron chi connectivity index (χ3n) is 6.82. The Hall–Kier alpha value is -4.24. The molecule has 0 bridgehead atoms. The fourth-order valence-corrected chi connectivity index (χ4v) is 4.92. The number of hydrogen-bond acceptors (Lipinski definition) is 5. The Bertz CT molecular complexity index is 1670. The number of aromatic nitrogens is 3. The van der Waals surface area contributed by atoms with E-state index in [-0.39, 0.29) is 6.04 Å². The van der Waals surface area contributed by atoms with E-state index in [0.717, 1.165) is 64.0 Å². The van der Waals surface area contributed by atoms with Crippen LogP contribution < -0.4 is 10.7 Å². The molecule has 0 spiro atoms. The van der Waals surface area contributed by atoms with Gasteiger partial charge in [0.1, 0.15) is 0 Å². The van der Waals surface area contributed by atoms with Crippen molar-refractivity contribution in [2.45, 2.75) is 32.0 Å². The summed E-state index contributed by atoms with van der Waals surface area (Å²) in [5.74, 6) is 0. The van der Waals surface area contributed by atoms with E-state index >= 15 is 0 Å². The zero-order chi connectivity index (χ0) is 27.0. The molecular weight excluding hydrogens is 503 g/mol. The van der Waals surface area contributed by atoms with Gasteiger partial charge >= 0.3 is 6.18 Å². The number of halogens is 3. The van der Waals surface area contributed by atoms with Crippen LogP contribution in [0.1, 0.15) is 24.0 Å². The van der Waals surface area contributed by atoms with Gasteiger partial charge in [0.25, 0.3) is 0 Å². The fraction of sp³-hybridized carbons (Fsp3) is 0.233. The molecule has 2 aliphatic heterocycles. The molecule has 39 heavy (non-hydrogen) atoms. The highest BCUT2D eigenvalue weighted by atomic mass is 19.4. The predicted molar refractivity (Wildman–Crippen MR) is 144 cm³/mol. The van der Waals surface area contributed by atoms with Gasteiger partial charge in [-0.15, -0.1) is 0 Å². The second-order valence-electron chi connectivity index (χ2n) is 9.69. The number of anilines is 2. The third-order valence-corrected chi connectivity index (χ3v) is 6.82. The molecule has 6 rings (SSSR count). The highest BCUT2D eigenvalue weighted by Gasteiger charge is 2.30. The van der Waals surface area contributed by atoms with E-state index in [1.165, 1.54) is 12.1 Å². The van der Waals surface area contributed by atoms with Crippen molar-refractivity contribution >= 4 is 22.4 Å². The van der Waals surface area contributed by atoms with Crippen LogP contribution in [0.4, 0.5) is 24.5 Å². The van der Waals surface area contributed by atoms with Crippen LogP contribution in [0.15, 0.2) is 84.1 Å². The van der Waals surface area contributed by atoms with E-state index in [1.54, 1.807) is 12.4 Å². The molecule has 3 aliphatic rings. The van der Waals surface area contributed by atoms with Crippen LogP contribution in [0, 0.1) is 6.92 Å². The summed E-state index contributed by atoms with van der Waals surface area (Å²) in [6.45, 7) is 3.29. The van der Waals surface area contributed by atoms with Crippen molar-refractivity contribution in [3.05, 3.63) is 95.6 Å². The number of rotatable bonds is 4. The van der Waals surface area contributed by atoms with Crippen LogP contribution in [0.25, 0.3) is 28.1 Å². The van der Waals surface area contributed by atoms with Gasteiger partial charge < -0.3 is 14.6 Å². The Morgan fingerprint density at radius 1 is 0.974 bits per heavy atom. The molecule has 0 radical (unpaired) electrons. The summed E-state index contributed by atoms with van der Waals surface area (Å²) in [5, 5.41) is 4.21. The summed E-state index contributed by atoms with van der Waals surface area (Å²) >= 11 is 0. The quantitative estimate of drug-likeness (QED) is 0.264. The molecule has 0 saturated carbocycles. The molecule has 0 unspecified atom stereocenters. The molecule has 6 nitrogen and oxygen atoms in total. The first-order valence-electron chi connectivity index (χ1n) is 12.8. The maximum atomic E-state index is 13.3. The second kappa shape index (κ2) is 10.1. The smallest absolute Gasteiger partial charge is 0.381 e. The molecule has 1 fully saturated rings. The molecule has 1 aromatic heterocycles. The van der Waals surface area contributed by atoms with E-state index < -0.39 is 11.7 Å². The van der Waals surface area contributed by atoms with Crippen LogP contribution in [0.3, 0.4) is 0 Å². The first kappa shape index (κ1) is 25.1. The lowest BCUT2D eigenvalue weighted by Gasteiger charge is -2.22. The van der Waals surface area contributed by atoms with Crippen molar-refractivity contribution in [3.8, 4) is 17.1 Å². The van der Waals surface area contributed by atoms with Crippen molar-refractivity contribution < 1.29 is 17.9 Å². The maximum absolute atomic E-state index is 13.3.